The van der Waals surface area contributed by atoms with Crippen molar-refractivity contribution in [3.63, 3.8) is 0 Å². The summed E-state index contributed by atoms with van der Waals surface area (Å²) in [5, 5.41) is 0. The molecule has 10 nitrogen and oxygen atoms in total. The number of ether oxygens (including phenoxy) is 3. The number of hydrogen-bond donors (Lipinski definition) is 2. The molecule has 0 aromatic carbocycles. The Morgan fingerprint density at radius 2 is 2.39 bits per heavy atom. The van der Waals surface area contributed by atoms with Crippen molar-refractivity contribution in [2.45, 2.75) is 24.0 Å². The predicted molar refractivity (Wildman–Crippen MR) is 78.0 cm³/mol. The number of methoxy groups -OCH3 is 1. The van der Waals surface area contributed by atoms with Gasteiger partial charge in [-0.15, -0.1) is 0 Å². The maximum atomic E-state index is 12.0. The van der Waals surface area contributed by atoms with E-state index in [1.807, 2.05) is 0 Å². The van der Waals surface area contributed by atoms with E-state index in [0.29, 0.717) is 0 Å². The van der Waals surface area contributed by atoms with Gasteiger partial charge in [-0.2, -0.15) is 4.98 Å². The first-order valence-electron chi connectivity index (χ1n) is 6.87. The molecule has 2 aliphatic heterocycles. The molecule has 1 aromatic rings. The largest absolute Gasteiger partial charge is 0.383 e. The molecule has 1 aromatic heterocycles. The van der Waals surface area contributed by atoms with Gasteiger partial charge in [0.05, 0.1) is 13.2 Å². The van der Waals surface area contributed by atoms with Crippen LogP contribution in [0.25, 0.3) is 0 Å². The quantitative estimate of drug-likeness (QED) is 0.665. The molecule has 2 saturated heterocycles. The van der Waals surface area contributed by atoms with Crippen molar-refractivity contribution in [3.05, 3.63) is 22.7 Å². The molecule has 3 heterocycles. The molecular weight excluding hydrogens is 329 g/mol. The number of nitrogen functional groups attached to an aromatic ring is 1. The molecule has 0 spiro atoms. The van der Waals surface area contributed by atoms with Crippen LogP contribution in [0.4, 0.5) is 5.82 Å². The molecule has 0 aliphatic carbocycles. The highest BCUT2D eigenvalue weighted by Crippen LogP contribution is 2.52. The third kappa shape index (κ3) is 2.93. The summed E-state index contributed by atoms with van der Waals surface area (Å²) in [7, 11) is -2.32. The summed E-state index contributed by atoms with van der Waals surface area (Å²) in [5.74, 6) is 0.0862. The fraction of sp³-hybridized carbons (Fsp3) is 0.667. The first kappa shape index (κ1) is 16.6. The summed E-state index contributed by atoms with van der Waals surface area (Å²) in [6.07, 6.45) is -1.01. The lowest BCUT2D eigenvalue weighted by atomic mass is 10.0. The van der Waals surface area contributed by atoms with Gasteiger partial charge < -0.3 is 24.8 Å². The number of hydrogen-bond acceptors (Lipinski definition) is 8. The Morgan fingerprint density at radius 1 is 1.65 bits per heavy atom. The number of nitrogens with zero attached hydrogens (tertiary/aromatic N) is 2. The van der Waals surface area contributed by atoms with Crippen LogP contribution in [0.15, 0.2) is 17.1 Å². The lowest BCUT2D eigenvalue weighted by molar-refractivity contribution is -0.190. The lowest BCUT2D eigenvalue weighted by Gasteiger charge is -2.31. The average molecular weight is 347 g/mol. The number of aromatic nitrogens is 2. The van der Waals surface area contributed by atoms with Gasteiger partial charge in [0.1, 0.15) is 23.6 Å². The van der Waals surface area contributed by atoms with Gasteiger partial charge in [0, 0.05) is 20.0 Å². The van der Waals surface area contributed by atoms with E-state index in [-0.39, 0.29) is 19.0 Å². The Hall–Kier alpha value is -1.29. The van der Waals surface area contributed by atoms with Gasteiger partial charge in [-0.3, -0.25) is 13.7 Å². The van der Waals surface area contributed by atoms with E-state index in [4.69, 9.17) is 24.5 Å². The fourth-order valence-corrected chi connectivity index (χ4v) is 3.68. The van der Waals surface area contributed by atoms with Crippen LogP contribution < -0.4 is 11.4 Å². The maximum absolute atomic E-state index is 12.0. The predicted octanol–water partition coefficient (Wildman–Crippen LogP) is -0.661. The molecule has 2 aliphatic rings. The third-order valence-corrected chi connectivity index (χ3v) is 4.42. The Labute approximate surface area is 131 Å². The highest BCUT2D eigenvalue weighted by molar-refractivity contribution is 7.51. The van der Waals surface area contributed by atoms with Gasteiger partial charge in [0.2, 0.25) is 0 Å². The van der Waals surface area contributed by atoms with Crippen molar-refractivity contribution >= 4 is 13.4 Å². The van der Waals surface area contributed by atoms with Crippen molar-refractivity contribution in [1.29, 1.82) is 0 Å². The standard InChI is InChI=1S/C12H18N3O7P/c1-19-5-12-6-20-8(9(12)22-23(2,17)18)10(21-12)15-4-3-7(13)14-11(15)16/h3-4,8-10H,5-6H2,1-2H3,(H,17,18)(H2,13,14,16)/t8-,9?,10+,12-/m0/s1. The molecule has 11 heteroatoms. The Morgan fingerprint density at radius 3 is 3.00 bits per heavy atom. The summed E-state index contributed by atoms with van der Waals surface area (Å²) in [6, 6.07) is 1.45. The van der Waals surface area contributed by atoms with Crippen LogP contribution in [0.1, 0.15) is 6.23 Å². The second-order valence-electron chi connectivity index (χ2n) is 5.65. The van der Waals surface area contributed by atoms with Crippen LogP contribution in [-0.2, 0) is 23.3 Å². The van der Waals surface area contributed by atoms with Crippen LogP contribution in [0.2, 0.25) is 0 Å². The number of fused-ring (bicyclic) bond motifs is 2. The number of anilines is 1. The summed E-state index contributed by atoms with van der Waals surface area (Å²) in [5.41, 5.74) is 3.80. The molecule has 2 bridgehead atoms. The van der Waals surface area contributed by atoms with Gasteiger partial charge in [0.15, 0.2) is 6.23 Å². The zero-order valence-corrected chi connectivity index (χ0v) is 13.5. The molecule has 128 valence electrons. The van der Waals surface area contributed by atoms with E-state index < -0.39 is 37.3 Å². The second kappa shape index (κ2) is 5.66. The monoisotopic (exact) mass is 347 g/mol. The fourth-order valence-electron chi connectivity index (χ4n) is 2.95. The average Bonchev–Trinajstić information content (AvgIpc) is 2.89. The van der Waals surface area contributed by atoms with Crippen LogP contribution in [-0.4, -0.2) is 59.2 Å². The minimum absolute atomic E-state index is 0.0851. The van der Waals surface area contributed by atoms with E-state index in [2.05, 4.69) is 4.98 Å². The minimum Gasteiger partial charge on any atom is -0.383 e. The van der Waals surface area contributed by atoms with E-state index in [0.717, 1.165) is 6.66 Å². The highest BCUT2D eigenvalue weighted by atomic mass is 31.2. The second-order valence-corrected chi connectivity index (χ2v) is 7.47. The zero-order valence-electron chi connectivity index (χ0n) is 12.6. The summed E-state index contributed by atoms with van der Waals surface area (Å²) < 4.78 is 34.9. The van der Waals surface area contributed by atoms with Crippen LogP contribution in [0, 0.1) is 0 Å². The maximum Gasteiger partial charge on any atom is 0.351 e. The van der Waals surface area contributed by atoms with Gasteiger partial charge in [0.25, 0.3) is 0 Å². The van der Waals surface area contributed by atoms with E-state index in [9.17, 15) is 14.3 Å². The molecule has 5 atom stereocenters. The SMILES string of the molecule is COC[C@]12CO[C@@H](C1OP(C)(=O)O)[C@H](n1ccc(N)nc1=O)O2. The van der Waals surface area contributed by atoms with Gasteiger partial charge >= 0.3 is 13.3 Å². The van der Waals surface area contributed by atoms with Gasteiger partial charge in [-0.1, -0.05) is 0 Å². The van der Waals surface area contributed by atoms with E-state index >= 15 is 0 Å². The molecule has 0 saturated carbocycles. The van der Waals surface area contributed by atoms with Crippen molar-refractivity contribution in [1.82, 2.24) is 9.55 Å². The molecule has 2 unspecified atom stereocenters. The smallest absolute Gasteiger partial charge is 0.351 e. The summed E-state index contributed by atoms with van der Waals surface area (Å²) in [6.45, 7) is 1.29. The Bertz CT molecular complexity index is 704. The van der Waals surface area contributed by atoms with Crippen LogP contribution >= 0.6 is 7.60 Å². The number of nitrogens with two attached hydrogens (primary N) is 1. The normalized spacial score (nSPS) is 35.3. The van der Waals surface area contributed by atoms with Crippen LogP contribution in [0.3, 0.4) is 0 Å². The van der Waals surface area contributed by atoms with Crippen molar-refractivity contribution in [2.75, 3.05) is 32.7 Å². The molecule has 0 radical (unpaired) electrons. The molecule has 0 amide bonds. The molecule has 2 fully saturated rings. The Kier molecular flexibility index (Phi) is 4.07. The molecule has 23 heavy (non-hydrogen) atoms. The van der Waals surface area contributed by atoms with Crippen molar-refractivity contribution < 1.29 is 28.2 Å². The third-order valence-electron chi connectivity index (χ3n) is 3.80. The summed E-state index contributed by atoms with van der Waals surface area (Å²) >= 11 is 0. The molecule has 3 N–H and O–H groups in total. The van der Waals surface area contributed by atoms with E-state index in [1.165, 1.54) is 23.9 Å². The molecule has 3 rings (SSSR count). The summed E-state index contributed by atoms with van der Waals surface area (Å²) in [4.78, 5) is 25.2. The first-order chi connectivity index (χ1) is 10.8. The molecular formula is C12H18N3O7P. The van der Waals surface area contributed by atoms with Gasteiger partial charge in [-0.25, -0.2) is 4.79 Å². The Balaban J connectivity index is 1.97. The van der Waals surface area contributed by atoms with Crippen molar-refractivity contribution in [2.24, 2.45) is 0 Å². The highest BCUT2D eigenvalue weighted by Gasteiger charge is 2.64. The number of rotatable bonds is 5. The first-order valence-corrected chi connectivity index (χ1v) is 8.90. The van der Waals surface area contributed by atoms with Gasteiger partial charge in [-0.05, 0) is 6.07 Å². The minimum atomic E-state index is -3.79. The van der Waals surface area contributed by atoms with Crippen LogP contribution in [0.5, 0.6) is 0 Å². The zero-order chi connectivity index (χ0) is 16.8. The topological polar surface area (TPSA) is 135 Å². The lowest BCUT2D eigenvalue weighted by Crippen LogP contribution is -2.45. The van der Waals surface area contributed by atoms with Crippen molar-refractivity contribution in [3.8, 4) is 0 Å². The van der Waals surface area contributed by atoms with E-state index in [1.54, 1.807) is 0 Å².